The molecule has 1 amide bonds. The minimum absolute atomic E-state index is 0.235. The molecular formula is C17H18N4O3S3. The number of anilines is 1. The summed E-state index contributed by atoms with van der Waals surface area (Å²) in [6.45, 7) is 3.86. The van der Waals surface area contributed by atoms with Gasteiger partial charge < -0.3 is 9.47 Å². The van der Waals surface area contributed by atoms with Crippen molar-refractivity contribution in [2.75, 3.05) is 25.3 Å². The number of rotatable bonds is 7. The highest BCUT2D eigenvalue weighted by atomic mass is 32.2. The van der Waals surface area contributed by atoms with Crippen LogP contribution in [0.5, 0.6) is 11.5 Å². The highest BCUT2D eigenvalue weighted by Crippen LogP contribution is 2.35. The molecule has 0 bridgehead atoms. The highest BCUT2D eigenvalue weighted by molar-refractivity contribution is 8.01. The molecule has 0 aliphatic carbocycles. The summed E-state index contributed by atoms with van der Waals surface area (Å²) in [5.74, 6) is 1.93. The monoisotopic (exact) mass is 422 g/mol. The van der Waals surface area contributed by atoms with Crippen molar-refractivity contribution >= 4 is 45.5 Å². The van der Waals surface area contributed by atoms with Crippen molar-refractivity contribution in [3.8, 4) is 22.1 Å². The molecule has 142 valence electrons. The van der Waals surface area contributed by atoms with E-state index in [4.69, 9.17) is 9.47 Å². The van der Waals surface area contributed by atoms with Crippen LogP contribution in [0.3, 0.4) is 0 Å². The number of amides is 1. The lowest BCUT2D eigenvalue weighted by Crippen LogP contribution is -2.11. The smallest absolute Gasteiger partial charge is 0.269 e. The number of nitrogens with zero attached hydrogens (tertiary/aromatic N) is 3. The number of methoxy groups -OCH3 is 2. The van der Waals surface area contributed by atoms with Crippen molar-refractivity contribution in [3.63, 3.8) is 0 Å². The van der Waals surface area contributed by atoms with Crippen LogP contribution in [0.1, 0.15) is 22.3 Å². The van der Waals surface area contributed by atoms with Gasteiger partial charge in [0.25, 0.3) is 5.91 Å². The van der Waals surface area contributed by atoms with Crippen LogP contribution in [0, 0.1) is 6.92 Å². The summed E-state index contributed by atoms with van der Waals surface area (Å²) in [5, 5.41) is 12.1. The van der Waals surface area contributed by atoms with E-state index in [2.05, 4.69) is 20.5 Å². The molecule has 0 aliphatic heterocycles. The molecule has 3 rings (SSSR count). The Morgan fingerprint density at radius 3 is 2.67 bits per heavy atom. The maximum absolute atomic E-state index is 12.6. The van der Waals surface area contributed by atoms with Crippen molar-refractivity contribution < 1.29 is 14.3 Å². The van der Waals surface area contributed by atoms with E-state index in [1.165, 1.54) is 22.7 Å². The van der Waals surface area contributed by atoms with Crippen molar-refractivity contribution in [1.82, 2.24) is 15.2 Å². The van der Waals surface area contributed by atoms with Gasteiger partial charge in [0.15, 0.2) is 15.8 Å². The van der Waals surface area contributed by atoms with Crippen LogP contribution in [-0.2, 0) is 0 Å². The number of hydrogen-bond acceptors (Lipinski definition) is 9. The first-order valence-electron chi connectivity index (χ1n) is 8.03. The van der Waals surface area contributed by atoms with Gasteiger partial charge in [-0.25, -0.2) is 4.98 Å². The molecule has 0 atom stereocenters. The number of aryl methyl sites for hydroxylation is 1. The number of carbonyl (C=O) groups is 1. The summed E-state index contributed by atoms with van der Waals surface area (Å²) < 4.78 is 11.4. The number of aromatic nitrogens is 3. The number of ether oxygens (including phenoxy) is 2. The molecule has 27 heavy (non-hydrogen) atoms. The van der Waals surface area contributed by atoms with Gasteiger partial charge in [0.1, 0.15) is 9.88 Å². The van der Waals surface area contributed by atoms with Gasteiger partial charge in [0, 0.05) is 5.56 Å². The Labute approximate surface area is 169 Å². The van der Waals surface area contributed by atoms with Crippen molar-refractivity contribution in [2.45, 2.75) is 18.2 Å². The van der Waals surface area contributed by atoms with Gasteiger partial charge in [-0.05, 0) is 30.9 Å². The predicted octanol–water partition coefficient (Wildman–Crippen LogP) is 4.35. The number of hydrogen-bond donors (Lipinski definition) is 1. The molecule has 7 nitrogen and oxygen atoms in total. The fourth-order valence-electron chi connectivity index (χ4n) is 2.30. The predicted molar refractivity (Wildman–Crippen MR) is 110 cm³/mol. The van der Waals surface area contributed by atoms with E-state index in [-0.39, 0.29) is 5.91 Å². The molecule has 0 radical (unpaired) electrons. The lowest BCUT2D eigenvalue weighted by molar-refractivity contribution is 0.102. The summed E-state index contributed by atoms with van der Waals surface area (Å²) in [5.41, 5.74) is 1.52. The molecule has 0 spiro atoms. The van der Waals surface area contributed by atoms with Gasteiger partial charge >= 0.3 is 0 Å². The summed E-state index contributed by atoms with van der Waals surface area (Å²) in [6, 6.07) is 5.55. The molecule has 0 aliphatic rings. The third-order valence-electron chi connectivity index (χ3n) is 3.53. The van der Waals surface area contributed by atoms with Gasteiger partial charge in [0.05, 0.1) is 19.9 Å². The van der Waals surface area contributed by atoms with E-state index in [1.54, 1.807) is 26.0 Å². The van der Waals surface area contributed by atoms with E-state index in [0.717, 1.165) is 20.7 Å². The van der Waals surface area contributed by atoms with Crippen LogP contribution >= 0.6 is 34.4 Å². The van der Waals surface area contributed by atoms with Gasteiger partial charge in [-0.2, -0.15) is 0 Å². The Kier molecular flexibility index (Phi) is 6.30. The first-order chi connectivity index (χ1) is 13.0. The van der Waals surface area contributed by atoms with Crippen LogP contribution in [0.4, 0.5) is 5.13 Å². The first-order valence-corrected chi connectivity index (χ1v) is 10.6. The van der Waals surface area contributed by atoms with E-state index in [1.807, 2.05) is 32.0 Å². The first kappa shape index (κ1) is 19.6. The molecule has 2 aromatic heterocycles. The van der Waals surface area contributed by atoms with E-state index in [0.29, 0.717) is 27.2 Å². The number of thiazole rings is 1. The number of nitrogens with one attached hydrogen (secondary N) is 1. The maximum atomic E-state index is 12.6. The van der Waals surface area contributed by atoms with Crippen LogP contribution in [-0.4, -0.2) is 41.1 Å². The molecule has 1 aromatic carbocycles. The zero-order chi connectivity index (χ0) is 19.4. The molecule has 3 aromatic rings. The fraction of sp³-hybridized carbons (Fsp3) is 0.294. The molecule has 0 saturated carbocycles. The molecule has 1 N–H and O–H groups in total. The lowest BCUT2D eigenvalue weighted by atomic mass is 10.2. The Bertz CT molecular complexity index is 955. The lowest BCUT2D eigenvalue weighted by Gasteiger charge is -2.08. The summed E-state index contributed by atoms with van der Waals surface area (Å²) in [6.07, 6.45) is 0. The SMILES string of the molecule is CCSc1nnc(NC(=O)c2sc(-c3ccc(OC)c(OC)c3)nc2C)s1. The van der Waals surface area contributed by atoms with Crippen molar-refractivity contribution in [3.05, 3.63) is 28.8 Å². The fourth-order valence-corrected chi connectivity index (χ4v) is 4.90. The van der Waals surface area contributed by atoms with E-state index >= 15 is 0 Å². The summed E-state index contributed by atoms with van der Waals surface area (Å²) in [7, 11) is 3.17. The van der Waals surface area contributed by atoms with Crippen LogP contribution in [0.25, 0.3) is 10.6 Å². The van der Waals surface area contributed by atoms with Gasteiger partial charge in [-0.1, -0.05) is 30.0 Å². The van der Waals surface area contributed by atoms with Crippen LogP contribution in [0.2, 0.25) is 0 Å². The molecule has 0 saturated heterocycles. The number of benzene rings is 1. The Balaban J connectivity index is 1.82. The van der Waals surface area contributed by atoms with Gasteiger partial charge in [0.2, 0.25) is 5.13 Å². The summed E-state index contributed by atoms with van der Waals surface area (Å²) in [4.78, 5) is 17.7. The largest absolute Gasteiger partial charge is 0.493 e. The van der Waals surface area contributed by atoms with E-state index in [9.17, 15) is 4.79 Å². The quantitative estimate of drug-likeness (QED) is 0.447. The third kappa shape index (κ3) is 4.40. The Hall–Kier alpha value is -2.17. The number of thioether (sulfide) groups is 1. The molecule has 0 unspecified atom stereocenters. The average Bonchev–Trinajstić information content (AvgIpc) is 3.27. The molecular weight excluding hydrogens is 404 g/mol. The van der Waals surface area contributed by atoms with Gasteiger partial charge in [-0.15, -0.1) is 21.5 Å². The maximum Gasteiger partial charge on any atom is 0.269 e. The molecule has 2 heterocycles. The molecule has 10 heteroatoms. The highest BCUT2D eigenvalue weighted by Gasteiger charge is 2.19. The average molecular weight is 423 g/mol. The van der Waals surface area contributed by atoms with Crippen LogP contribution < -0.4 is 14.8 Å². The second-order valence-electron chi connectivity index (χ2n) is 5.26. The van der Waals surface area contributed by atoms with E-state index < -0.39 is 0 Å². The van der Waals surface area contributed by atoms with Crippen LogP contribution in [0.15, 0.2) is 22.5 Å². The summed E-state index contributed by atoms with van der Waals surface area (Å²) >= 11 is 4.27. The standard InChI is InChI=1S/C17H18N4O3S3/c1-5-25-17-21-20-16(27-17)19-14(22)13-9(2)18-15(26-13)10-6-7-11(23-3)12(8-10)24-4/h6-8H,5H2,1-4H3,(H,19,20,22). The Morgan fingerprint density at radius 2 is 1.96 bits per heavy atom. The number of carbonyl (C=O) groups excluding carboxylic acids is 1. The minimum atomic E-state index is -0.235. The minimum Gasteiger partial charge on any atom is -0.493 e. The molecule has 0 fully saturated rings. The second kappa shape index (κ2) is 8.68. The topological polar surface area (TPSA) is 86.2 Å². The van der Waals surface area contributed by atoms with Crippen molar-refractivity contribution in [2.24, 2.45) is 0 Å². The zero-order valence-corrected chi connectivity index (χ0v) is 17.7. The Morgan fingerprint density at radius 1 is 1.19 bits per heavy atom. The van der Waals surface area contributed by atoms with Gasteiger partial charge in [-0.3, -0.25) is 10.1 Å². The normalized spacial score (nSPS) is 10.7. The third-order valence-corrected chi connectivity index (χ3v) is 6.59. The van der Waals surface area contributed by atoms with Crippen molar-refractivity contribution in [1.29, 1.82) is 0 Å². The zero-order valence-electron chi connectivity index (χ0n) is 15.2. The second-order valence-corrected chi connectivity index (χ2v) is 8.75.